The fourth-order valence-corrected chi connectivity index (χ4v) is 2.84. The quantitative estimate of drug-likeness (QED) is 0.758. The number of rotatable bonds is 5. The van der Waals surface area contributed by atoms with Gasteiger partial charge in [-0.3, -0.25) is 9.59 Å². The lowest BCUT2D eigenvalue weighted by Gasteiger charge is -2.23. The van der Waals surface area contributed by atoms with Gasteiger partial charge in [-0.1, -0.05) is 56.6 Å². The molecule has 2 rings (SSSR count). The van der Waals surface area contributed by atoms with Gasteiger partial charge in [0.1, 0.15) is 6.07 Å². The zero-order valence-electron chi connectivity index (χ0n) is 15.5. The second-order valence-corrected chi connectivity index (χ2v) is 6.96. The van der Waals surface area contributed by atoms with Crippen LogP contribution >= 0.6 is 11.6 Å². The van der Waals surface area contributed by atoms with Crippen LogP contribution in [0.4, 0.5) is 5.69 Å². The van der Waals surface area contributed by atoms with E-state index >= 15 is 0 Å². The van der Waals surface area contributed by atoms with Crippen molar-refractivity contribution in [1.82, 2.24) is 5.32 Å². The summed E-state index contributed by atoms with van der Waals surface area (Å²) >= 11 is 5.87. The van der Waals surface area contributed by atoms with Gasteiger partial charge >= 0.3 is 11.8 Å². The second kappa shape index (κ2) is 9.20. The van der Waals surface area contributed by atoms with Crippen molar-refractivity contribution in [3.63, 3.8) is 0 Å². The molecule has 140 valence electrons. The van der Waals surface area contributed by atoms with Crippen LogP contribution in [0.1, 0.15) is 43.5 Å². The number of anilines is 1. The molecule has 0 heterocycles. The summed E-state index contributed by atoms with van der Waals surface area (Å²) in [7, 11) is 0. The summed E-state index contributed by atoms with van der Waals surface area (Å²) in [5.41, 5.74) is 2.72. The number of nitrogens with one attached hydrogen (secondary N) is 2. The third kappa shape index (κ3) is 5.32. The number of hydrogen-bond acceptors (Lipinski definition) is 3. The van der Waals surface area contributed by atoms with Crippen LogP contribution in [-0.4, -0.2) is 11.8 Å². The van der Waals surface area contributed by atoms with Crippen LogP contribution < -0.4 is 10.6 Å². The fourth-order valence-electron chi connectivity index (χ4n) is 2.68. The average molecular weight is 384 g/mol. The third-order valence-electron chi connectivity index (χ3n) is 4.25. The lowest BCUT2D eigenvalue weighted by molar-refractivity contribution is -0.136. The van der Waals surface area contributed by atoms with Gasteiger partial charge in [-0.2, -0.15) is 5.26 Å². The van der Waals surface area contributed by atoms with Gasteiger partial charge in [-0.05, 0) is 41.7 Å². The Labute approximate surface area is 164 Å². The Morgan fingerprint density at radius 3 is 2.33 bits per heavy atom. The molecule has 0 aromatic heterocycles. The van der Waals surface area contributed by atoms with Gasteiger partial charge in [-0.15, -0.1) is 0 Å². The molecular formula is C21H22ClN3O2. The molecule has 1 unspecified atom stereocenters. The molecule has 6 heteroatoms. The lowest BCUT2D eigenvalue weighted by Crippen LogP contribution is -2.39. The maximum absolute atomic E-state index is 12.4. The molecular weight excluding hydrogens is 362 g/mol. The van der Waals surface area contributed by atoms with Crippen molar-refractivity contribution in [3.05, 3.63) is 64.2 Å². The highest BCUT2D eigenvalue weighted by Gasteiger charge is 2.22. The molecule has 2 N–H and O–H groups in total. The Kier molecular flexibility index (Phi) is 6.98. The normalized spacial score (nSPS) is 11.6. The van der Waals surface area contributed by atoms with E-state index in [9.17, 15) is 9.59 Å². The fraction of sp³-hybridized carbons (Fsp3) is 0.286. The number of nitriles is 1. The smallest absolute Gasteiger partial charge is 0.313 e. The van der Waals surface area contributed by atoms with Gasteiger partial charge in [0.05, 0.1) is 16.6 Å². The predicted molar refractivity (Wildman–Crippen MR) is 106 cm³/mol. The van der Waals surface area contributed by atoms with Crippen LogP contribution in [0.15, 0.2) is 42.5 Å². The highest BCUT2D eigenvalue weighted by atomic mass is 35.5. The lowest BCUT2D eigenvalue weighted by atomic mass is 9.95. The predicted octanol–water partition coefficient (Wildman–Crippen LogP) is 4.23. The number of nitrogens with zero attached hydrogens (tertiary/aromatic N) is 1. The number of carbonyl (C=O) groups excluding carboxylic acids is 2. The van der Waals surface area contributed by atoms with E-state index in [0.29, 0.717) is 5.69 Å². The minimum absolute atomic E-state index is 0.106. The van der Waals surface area contributed by atoms with Crippen LogP contribution in [0.25, 0.3) is 0 Å². The first-order valence-corrected chi connectivity index (χ1v) is 9.13. The summed E-state index contributed by atoms with van der Waals surface area (Å²) in [4.78, 5) is 24.6. The molecule has 0 aliphatic heterocycles. The minimum Gasteiger partial charge on any atom is -0.341 e. The molecule has 0 spiro atoms. The SMILES string of the molecule is CCc1ccc(C(NC(=O)C(=O)Nc2ccc(Cl)c(C#N)c2)C(C)C)cc1. The molecule has 5 nitrogen and oxygen atoms in total. The van der Waals surface area contributed by atoms with Gasteiger partial charge in [0.25, 0.3) is 0 Å². The molecule has 0 aliphatic rings. The van der Waals surface area contributed by atoms with Crippen molar-refractivity contribution in [2.45, 2.75) is 33.2 Å². The first-order valence-electron chi connectivity index (χ1n) is 8.76. The second-order valence-electron chi connectivity index (χ2n) is 6.55. The molecule has 0 radical (unpaired) electrons. The van der Waals surface area contributed by atoms with Crippen molar-refractivity contribution in [2.24, 2.45) is 5.92 Å². The number of benzene rings is 2. The Morgan fingerprint density at radius 2 is 1.78 bits per heavy atom. The number of carbonyl (C=O) groups is 2. The zero-order chi connectivity index (χ0) is 20.0. The molecule has 0 saturated heterocycles. The van der Waals surface area contributed by atoms with E-state index in [1.165, 1.54) is 23.8 Å². The van der Waals surface area contributed by atoms with Gasteiger partial charge in [-0.25, -0.2) is 0 Å². The average Bonchev–Trinajstić information content (AvgIpc) is 2.67. The van der Waals surface area contributed by atoms with Crippen LogP contribution in [0, 0.1) is 17.2 Å². The number of aryl methyl sites for hydroxylation is 1. The summed E-state index contributed by atoms with van der Waals surface area (Å²) in [6.45, 7) is 6.04. The molecule has 2 aromatic carbocycles. The van der Waals surface area contributed by atoms with Crippen LogP contribution in [0.2, 0.25) is 5.02 Å². The summed E-state index contributed by atoms with van der Waals surface area (Å²) in [6.07, 6.45) is 0.938. The molecule has 2 amide bonds. The van der Waals surface area contributed by atoms with E-state index in [4.69, 9.17) is 16.9 Å². The molecule has 0 bridgehead atoms. The zero-order valence-corrected chi connectivity index (χ0v) is 16.3. The van der Waals surface area contributed by atoms with E-state index in [-0.39, 0.29) is 22.5 Å². The first-order chi connectivity index (χ1) is 12.8. The topological polar surface area (TPSA) is 82.0 Å². The summed E-state index contributed by atoms with van der Waals surface area (Å²) < 4.78 is 0. The highest BCUT2D eigenvalue weighted by molar-refractivity contribution is 6.39. The summed E-state index contributed by atoms with van der Waals surface area (Å²) in [5.74, 6) is -1.42. The Bertz CT molecular complexity index is 870. The standard InChI is InChI=1S/C21H22ClN3O2/c1-4-14-5-7-15(8-6-14)19(13(2)3)25-21(27)20(26)24-17-9-10-18(22)16(11-17)12-23/h5-11,13,19H,4H2,1-3H3,(H,24,26)(H,25,27). The van der Waals surface area contributed by atoms with E-state index in [2.05, 4.69) is 17.6 Å². The van der Waals surface area contributed by atoms with Gasteiger partial charge in [0.2, 0.25) is 0 Å². The van der Waals surface area contributed by atoms with Gasteiger partial charge < -0.3 is 10.6 Å². The molecule has 0 aliphatic carbocycles. The van der Waals surface area contributed by atoms with Crippen molar-refractivity contribution in [1.29, 1.82) is 5.26 Å². The Morgan fingerprint density at radius 1 is 1.11 bits per heavy atom. The van der Waals surface area contributed by atoms with Crippen molar-refractivity contribution >= 4 is 29.1 Å². The summed E-state index contributed by atoms with van der Waals surface area (Å²) in [5, 5.41) is 14.6. The molecule has 1 atom stereocenters. The van der Waals surface area contributed by atoms with E-state index < -0.39 is 11.8 Å². The minimum atomic E-state index is -0.794. The largest absolute Gasteiger partial charge is 0.341 e. The number of halogens is 1. The van der Waals surface area contributed by atoms with Crippen molar-refractivity contribution in [3.8, 4) is 6.07 Å². The van der Waals surface area contributed by atoms with E-state index in [1.807, 2.05) is 44.2 Å². The maximum atomic E-state index is 12.4. The van der Waals surface area contributed by atoms with Gasteiger partial charge in [0.15, 0.2) is 0 Å². The van der Waals surface area contributed by atoms with Crippen LogP contribution in [0.3, 0.4) is 0 Å². The maximum Gasteiger partial charge on any atom is 0.313 e. The molecule has 0 saturated carbocycles. The third-order valence-corrected chi connectivity index (χ3v) is 4.58. The summed E-state index contributed by atoms with van der Waals surface area (Å²) in [6, 6.07) is 14.1. The molecule has 2 aromatic rings. The Balaban J connectivity index is 2.10. The molecule has 27 heavy (non-hydrogen) atoms. The number of amides is 2. The Hall–Kier alpha value is -2.84. The highest BCUT2D eigenvalue weighted by Crippen LogP contribution is 2.23. The van der Waals surface area contributed by atoms with Crippen molar-refractivity contribution in [2.75, 3.05) is 5.32 Å². The van der Waals surface area contributed by atoms with Crippen LogP contribution in [-0.2, 0) is 16.0 Å². The number of hydrogen-bond donors (Lipinski definition) is 2. The molecule has 0 fully saturated rings. The van der Waals surface area contributed by atoms with Crippen molar-refractivity contribution < 1.29 is 9.59 Å². The van der Waals surface area contributed by atoms with Gasteiger partial charge in [0, 0.05) is 5.69 Å². The van der Waals surface area contributed by atoms with E-state index in [0.717, 1.165) is 12.0 Å². The van der Waals surface area contributed by atoms with Crippen LogP contribution in [0.5, 0.6) is 0 Å². The monoisotopic (exact) mass is 383 g/mol. The first kappa shape index (κ1) is 20.5. The van der Waals surface area contributed by atoms with E-state index in [1.54, 1.807) is 0 Å².